The zero-order chi connectivity index (χ0) is 14.7. The molecule has 0 spiro atoms. The van der Waals surface area contributed by atoms with E-state index < -0.39 is 0 Å². The van der Waals surface area contributed by atoms with Gasteiger partial charge in [0.25, 0.3) is 5.91 Å². The highest BCUT2D eigenvalue weighted by molar-refractivity contribution is 5.92. The minimum absolute atomic E-state index is 0. The normalized spacial score (nSPS) is 20.0. The second kappa shape index (κ2) is 8.86. The summed E-state index contributed by atoms with van der Waals surface area (Å²) in [6.07, 6.45) is 5.57. The maximum atomic E-state index is 12.3. The van der Waals surface area contributed by atoms with Crippen molar-refractivity contribution in [1.29, 1.82) is 0 Å². The van der Waals surface area contributed by atoms with Crippen molar-refractivity contribution in [3.8, 4) is 5.82 Å². The Balaban J connectivity index is 0.00000132. The molecule has 8 heteroatoms. The summed E-state index contributed by atoms with van der Waals surface area (Å²) in [5, 5.41) is 10.6. The molecule has 0 radical (unpaired) electrons. The van der Waals surface area contributed by atoms with Gasteiger partial charge in [0.15, 0.2) is 5.82 Å². The highest BCUT2D eigenvalue weighted by atomic mass is 35.5. The Bertz CT molecular complexity index is 620. The fourth-order valence-corrected chi connectivity index (χ4v) is 2.57. The largest absolute Gasteiger partial charge is 0.346 e. The molecule has 1 saturated heterocycles. The standard InChI is InChI=1S/C15H19N5O.2ClH/c1-11-12(6-3-8-16-11)19-15(21)13-5-2-7-14(18-13)20-10-4-9-17-20;;/h2,4-5,7,9-12,16H,3,6,8H2,1H3,(H,19,21);2*1H. The van der Waals surface area contributed by atoms with E-state index in [0.717, 1.165) is 19.4 Å². The Hall–Kier alpha value is -1.63. The van der Waals surface area contributed by atoms with Gasteiger partial charge in [-0.1, -0.05) is 6.07 Å². The number of aromatic nitrogens is 3. The van der Waals surface area contributed by atoms with Crippen molar-refractivity contribution in [2.75, 3.05) is 6.54 Å². The van der Waals surface area contributed by atoms with Crippen LogP contribution in [0.3, 0.4) is 0 Å². The molecule has 0 aromatic carbocycles. The van der Waals surface area contributed by atoms with E-state index in [4.69, 9.17) is 0 Å². The number of piperidine rings is 1. The predicted molar refractivity (Wildman–Crippen MR) is 93.8 cm³/mol. The van der Waals surface area contributed by atoms with Crippen molar-refractivity contribution in [3.05, 3.63) is 42.4 Å². The van der Waals surface area contributed by atoms with Crippen LogP contribution in [0.25, 0.3) is 5.82 Å². The Labute approximate surface area is 147 Å². The highest BCUT2D eigenvalue weighted by Gasteiger charge is 2.23. The average molecular weight is 358 g/mol. The molecule has 6 nitrogen and oxygen atoms in total. The Morgan fingerprint density at radius 3 is 2.87 bits per heavy atom. The maximum absolute atomic E-state index is 12.3. The summed E-state index contributed by atoms with van der Waals surface area (Å²) in [5.41, 5.74) is 0.417. The lowest BCUT2D eigenvalue weighted by Crippen LogP contribution is -2.52. The lowest BCUT2D eigenvalue weighted by atomic mass is 10.00. The molecule has 1 fully saturated rings. The lowest BCUT2D eigenvalue weighted by molar-refractivity contribution is 0.0914. The Kier molecular flexibility index (Phi) is 7.48. The van der Waals surface area contributed by atoms with Gasteiger partial charge < -0.3 is 10.6 Å². The van der Waals surface area contributed by atoms with E-state index >= 15 is 0 Å². The van der Waals surface area contributed by atoms with E-state index in [1.165, 1.54) is 0 Å². The first-order chi connectivity index (χ1) is 10.2. The number of carbonyl (C=O) groups is 1. The molecule has 1 aliphatic rings. The van der Waals surface area contributed by atoms with Gasteiger partial charge >= 0.3 is 0 Å². The van der Waals surface area contributed by atoms with E-state index in [9.17, 15) is 4.79 Å². The van der Waals surface area contributed by atoms with Crippen LogP contribution in [-0.4, -0.2) is 39.3 Å². The topological polar surface area (TPSA) is 71.8 Å². The van der Waals surface area contributed by atoms with Crippen LogP contribution in [0, 0.1) is 0 Å². The zero-order valence-electron chi connectivity index (χ0n) is 12.8. The smallest absolute Gasteiger partial charge is 0.270 e. The first-order valence-electron chi connectivity index (χ1n) is 7.25. The first kappa shape index (κ1) is 19.4. The van der Waals surface area contributed by atoms with E-state index in [0.29, 0.717) is 11.5 Å². The molecule has 126 valence electrons. The third-order valence-electron chi connectivity index (χ3n) is 3.78. The van der Waals surface area contributed by atoms with Gasteiger partial charge in [-0.15, -0.1) is 24.8 Å². The number of nitrogens with one attached hydrogen (secondary N) is 2. The second-order valence-electron chi connectivity index (χ2n) is 5.30. The fourth-order valence-electron chi connectivity index (χ4n) is 2.57. The van der Waals surface area contributed by atoms with Gasteiger partial charge in [0.05, 0.1) is 0 Å². The van der Waals surface area contributed by atoms with Crippen LogP contribution in [0.5, 0.6) is 0 Å². The molecule has 1 aliphatic heterocycles. The van der Waals surface area contributed by atoms with Gasteiger partial charge in [-0.25, -0.2) is 9.67 Å². The van der Waals surface area contributed by atoms with E-state index in [2.05, 4.69) is 27.6 Å². The summed E-state index contributed by atoms with van der Waals surface area (Å²) in [6, 6.07) is 7.64. The van der Waals surface area contributed by atoms with Crippen molar-refractivity contribution in [2.24, 2.45) is 0 Å². The van der Waals surface area contributed by atoms with Crippen LogP contribution in [0.15, 0.2) is 36.7 Å². The van der Waals surface area contributed by atoms with Crippen LogP contribution in [0.2, 0.25) is 0 Å². The number of hydrogen-bond acceptors (Lipinski definition) is 4. The summed E-state index contributed by atoms with van der Waals surface area (Å²) < 4.78 is 1.64. The maximum Gasteiger partial charge on any atom is 0.270 e. The van der Waals surface area contributed by atoms with Gasteiger partial charge in [0.1, 0.15) is 5.69 Å². The molecular formula is C15H21Cl2N5O. The number of pyridine rings is 1. The molecular weight excluding hydrogens is 337 g/mol. The minimum Gasteiger partial charge on any atom is -0.346 e. The predicted octanol–water partition coefficient (Wildman–Crippen LogP) is 1.98. The molecule has 0 aliphatic carbocycles. The minimum atomic E-state index is -0.135. The van der Waals surface area contributed by atoms with E-state index in [1.54, 1.807) is 23.1 Å². The monoisotopic (exact) mass is 357 g/mol. The van der Waals surface area contributed by atoms with Crippen LogP contribution >= 0.6 is 24.8 Å². The molecule has 1 amide bonds. The van der Waals surface area contributed by atoms with Crippen molar-refractivity contribution >= 4 is 30.7 Å². The van der Waals surface area contributed by atoms with Crippen molar-refractivity contribution in [1.82, 2.24) is 25.4 Å². The van der Waals surface area contributed by atoms with Gasteiger partial charge in [0, 0.05) is 24.5 Å². The van der Waals surface area contributed by atoms with E-state index in [1.807, 2.05) is 18.2 Å². The molecule has 23 heavy (non-hydrogen) atoms. The summed E-state index contributed by atoms with van der Waals surface area (Å²) in [7, 11) is 0. The fraction of sp³-hybridized carbons (Fsp3) is 0.400. The van der Waals surface area contributed by atoms with Gasteiger partial charge in [-0.05, 0) is 44.5 Å². The SMILES string of the molecule is CC1NCCCC1NC(=O)c1cccc(-n2cccn2)n1.Cl.Cl. The lowest BCUT2D eigenvalue weighted by Gasteiger charge is -2.30. The summed E-state index contributed by atoms with van der Waals surface area (Å²) in [5.74, 6) is 0.507. The number of amides is 1. The van der Waals surface area contributed by atoms with Crippen LogP contribution < -0.4 is 10.6 Å². The molecule has 2 N–H and O–H groups in total. The number of halogens is 2. The van der Waals surface area contributed by atoms with E-state index in [-0.39, 0.29) is 42.8 Å². The Morgan fingerprint density at radius 1 is 1.35 bits per heavy atom. The molecule has 0 bridgehead atoms. The third-order valence-corrected chi connectivity index (χ3v) is 3.78. The zero-order valence-corrected chi connectivity index (χ0v) is 14.4. The quantitative estimate of drug-likeness (QED) is 0.880. The molecule has 0 saturated carbocycles. The molecule has 3 heterocycles. The Morgan fingerprint density at radius 2 is 2.17 bits per heavy atom. The molecule has 2 atom stereocenters. The van der Waals surface area contributed by atoms with Crippen molar-refractivity contribution < 1.29 is 4.79 Å². The van der Waals surface area contributed by atoms with Gasteiger partial charge in [-0.3, -0.25) is 4.79 Å². The molecule has 2 aromatic heterocycles. The summed E-state index contributed by atoms with van der Waals surface area (Å²) >= 11 is 0. The summed E-state index contributed by atoms with van der Waals surface area (Å²) in [6.45, 7) is 3.11. The van der Waals surface area contributed by atoms with Crippen LogP contribution in [-0.2, 0) is 0 Å². The number of hydrogen-bond donors (Lipinski definition) is 2. The molecule has 2 aromatic rings. The van der Waals surface area contributed by atoms with Crippen molar-refractivity contribution in [3.63, 3.8) is 0 Å². The summed E-state index contributed by atoms with van der Waals surface area (Å²) in [4.78, 5) is 16.7. The van der Waals surface area contributed by atoms with Crippen LogP contribution in [0.4, 0.5) is 0 Å². The number of carbonyl (C=O) groups excluding carboxylic acids is 1. The first-order valence-corrected chi connectivity index (χ1v) is 7.25. The molecule has 3 rings (SSSR count). The van der Waals surface area contributed by atoms with Crippen LogP contribution in [0.1, 0.15) is 30.3 Å². The van der Waals surface area contributed by atoms with Gasteiger partial charge in [-0.2, -0.15) is 5.10 Å². The number of rotatable bonds is 3. The average Bonchev–Trinajstić information content (AvgIpc) is 3.04. The highest BCUT2D eigenvalue weighted by Crippen LogP contribution is 2.10. The molecule has 2 unspecified atom stereocenters. The van der Waals surface area contributed by atoms with Gasteiger partial charge in [0.2, 0.25) is 0 Å². The van der Waals surface area contributed by atoms with Crippen molar-refractivity contribution in [2.45, 2.75) is 31.8 Å². The second-order valence-corrected chi connectivity index (χ2v) is 5.30. The third kappa shape index (κ3) is 4.67. The number of nitrogens with zero attached hydrogens (tertiary/aromatic N) is 3.